The number of halogens is 1. The van der Waals surface area contributed by atoms with Gasteiger partial charge in [0.25, 0.3) is 0 Å². The van der Waals surface area contributed by atoms with Crippen molar-refractivity contribution in [2.45, 2.75) is 6.92 Å². The van der Waals surface area contributed by atoms with Crippen LogP contribution in [0, 0.1) is 6.92 Å². The van der Waals surface area contributed by atoms with Crippen molar-refractivity contribution in [2.75, 3.05) is 29.9 Å². The number of rotatable bonds is 4. The summed E-state index contributed by atoms with van der Waals surface area (Å²) in [5.74, 6) is 0.798. The lowest BCUT2D eigenvalue weighted by Gasteiger charge is -2.30. The number of carbonyl (C=O) groups is 1. The van der Waals surface area contributed by atoms with Crippen molar-refractivity contribution in [3.8, 4) is 5.75 Å². The van der Waals surface area contributed by atoms with Gasteiger partial charge in [-0.2, -0.15) is 0 Å². The van der Waals surface area contributed by atoms with E-state index in [2.05, 4.69) is 11.4 Å². The molecule has 0 aromatic heterocycles. The minimum Gasteiger partial charge on any atom is -0.492 e. The molecule has 1 aliphatic heterocycles. The Kier molecular flexibility index (Phi) is 4.20. The van der Waals surface area contributed by atoms with Crippen LogP contribution in [-0.2, 0) is 4.79 Å². The van der Waals surface area contributed by atoms with Crippen molar-refractivity contribution in [3.05, 3.63) is 53.1 Å². The molecule has 0 fully saturated rings. The highest BCUT2D eigenvalue weighted by Gasteiger charge is 2.23. The number of hydrogen-bond acceptors (Lipinski definition) is 3. The molecule has 5 heteroatoms. The van der Waals surface area contributed by atoms with Crippen LogP contribution >= 0.6 is 11.6 Å². The van der Waals surface area contributed by atoms with E-state index in [1.807, 2.05) is 31.2 Å². The number of benzene rings is 2. The van der Waals surface area contributed by atoms with Crippen LogP contribution in [0.1, 0.15) is 5.56 Å². The molecular formula is C17H17ClN2O2. The van der Waals surface area contributed by atoms with Crippen LogP contribution in [0.25, 0.3) is 0 Å². The molecule has 2 aromatic carbocycles. The van der Waals surface area contributed by atoms with Gasteiger partial charge in [-0.25, -0.2) is 0 Å². The third kappa shape index (κ3) is 3.17. The first-order valence-electron chi connectivity index (χ1n) is 7.17. The Morgan fingerprint density at radius 2 is 2.00 bits per heavy atom. The highest BCUT2D eigenvalue weighted by Crippen LogP contribution is 2.30. The number of hydrogen-bond donors (Lipinski definition) is 1. The molecule has 0 aliphatic carbocycles. The summed E-state index contributed by atoms with van der Waals surface area (Å²) >= 11 is 5.84. The van der Waals surface area contributed by atoms with Crippen LogP contribution < -0.4 is 15.0 Å². The monoisotopic (exact) mass is 316 g/mol. The van der Waals surface area contributed by atoms with E-state index in [9.17, 15) is 4.79 Å². The lowest BCUT2D eigenvalue weighted by molar-refractivity contribution is -0.117. The van der Waals surface area contributed by atoms with Crippen molar-refractivity contribution in [3.63, 3.8) is 0 Å². The first-order valence-corrected chi connectivity index (χ1v) is 7.54. The summed E-state index contributed by atoms with van der Waals surface area (Å²) in [5.41, 5.74) is 3.06. The SMILES string of the molecule is Cc1ccc2c(c1)NCC(=O)N2CCOc1ccc(Cl)cc1. The zero-order valence-corrected chi connectivity index (χ0v) is 13.1. The molecule has 1 N–H and O–H groups in total. The molecule has 1 heterocycles. The zero-order valence-electron chi connectivity index (χ0n) is 12.3. The highest BCUT2D eigenvalue weighted by molar-refractivity contribution is 6.30. The standard InChI is InChI=1S/C17H17ClN2O2/c1-12-2-7-16-15(10-12)19-11-17(21)20(16)8-9-22-14-5-3-13(18)4-6-14/h2-7,10,19H,8-9,11H2,1H3. The quantitative estimate of drug-likeness (QED) is 0.939. The van der Waals surface area contributed by atoms with Gasteiger partial charge >= 0.3 is 0 Å². The largest absolute Gasteiger partial charge is 0.492 e. The lowest BCUT2D eigenvalue weighted by atomic mass is 10.1. The Bertz CT molecular complexity index is 686. The molecule has 0 spiro atoms. The highest BCUT2D eigenvalue weighted by atomic mass is 35.5. The van der Waals surface area contributed by atoms with Crippen LogP contribution in [0.2, 0.25) is 5.02 Å². The molecule has 1 amide bonds. The van der Waals surface area contributed by atoms with Crippen molar-refractivity contribution in [2.24, 2.45) is 0 Å². The van der Waals surface area contributed by atoms with E-state index in [4.69, 9.17) is 16.3 Å². The number of anilines is 2. The smallest absolute Gasteiger partial charge is 0.246 e. The molecule has 4 nitrogen and oxygen atoms in total. The molecule has 3 rings (SSSR count). The third-order valence-corrected chi connectivity index (χ3v) is 3.82. The van der Waals surface area contributed by atoms with E-state index < -0.39 is 0 Å². The molecule has 0 saturated heterocycles. The lowest BCUT2D eigenvalue weighted by Crippen LogP contribution is -2.42. The fourth-order valence-corrected chi connectivity index (χ4v) is 2.58. The Balaban J connectivity index is 1.67. The van der Waals surface area contributed by atoms with Gasteiger partial charge in [0.1, 0.15) is 12.4 Å². The second-order valence-corrected chi connectivity index (χ2v) is 5.66. The van der Waals surface area contributed by atoms with Crippen LogP contribution in [0.15, 0.2) is 42.5 Å². The fourth-order valence-electron chi connectivity index (χ4n) is 2.46. The van der Waals surface area contributed by atoms with Crippen LogP contribution in [0.5, 0.6) is 5.75 Å². The topological polar surface area (TPSA) is 41.6 Å². The second-order valence-electron chi connectivity index (χ2n) is 5.22. The van der Waals surface area contributed by atoms with E-state index in [1.165, 1.54) is 0 Å². The van der Waals surface area contributed by atoms with Crippen molar-refractivity contribution in [1.29, 1.82) is 0 Å². The van der Waals surface area contributed by atoms with E-state index in [0.717, 1.165) is 22.7 Å². The molecular weight excluding hydrogens is 300 g/mol. The molecule has 2 aromatic rings. The maximum atomic E-state index is 12.1. The van der Waals surface area contributed by atoms with Gasteiger partial charge in [0.05, 0.1) is 24.5 Å². The van der Waals surface area contributed by atoms with Gasteiger partial charge in [0, 0.05) is 5.02 Å². The van der Waals surface area contributed by atoms with E-state index in [1.54, 1.807) is 17.0 Å². The predicted molar refractivity (Wildman–Crippen MR) is 89.0 cm³/mol. The van der Waals surface area contributed by atoms with Gasteiger partial charge < -0.3 is 15.0 Å². The van der Waals surface area contributed by atoms with E-state index >= 15 is 0 Å². The number of fused-ring (bicyclic) bond motifs is 1. The van der Waals surface area contributed by atoms with E-state index in [0.29, 0.717) is 24.7 Å². The third-order valence-electron chi connectivity index (χ3n) is 3.57. The zero-order chi connectivity index (χ0) is 15.5. The van der Waals surface area contributed by atoms with E-state index in [-0.39, 0.29) is 5.91 Å². The van der Waals surface area contributed by atoms with Gasteiger partial charge in [-0.3, -0.25) is 4.79 Å². The number of amides is 1. The van der Waals surface area contributed by atoms with Gasteiger partial charge in [-0.1, -0.05) is 17.7 Å². The summed E-state index contributed by atoms with van der Waals surface area (Å²) < 4.78 is 5.68. The molecule has 0 bridgehead atoms. The molecule has 22 heavy (non-hydrogen) atoms. The van der Waals surface area contributed by atoms with Crippen LogP contribution in [0.4, 0.5) is 11.4 Å². The number of nitrogens with one attached hydrogen (secondary N) is 1. The molecule has 0 radical (unpaired) electrons. The average molecular weight is 317 g/mol. The molecule has 0 atom stereocenters. The molecule has 1 aliphatic rings. The Morgan fingerprint density at radius 1 is 1.23 bits per heavy atom. The van der Waals surface area contributed by atoms with Gasteiger partial charge in [0.2, 0.25) is 5.91 Å². The van der Waals surface area contributed by atoms with Gasteiger partial charge in [-0.05, 0) is 48.9 Å². The summed E-state index contributed by atoms with van der Waals surface area (Å²) in [5, 5.41) is 3.83. The average Bonchev–Trinajstić information content (AvgIpc) is 2.51. The molecule has 114 valence electrons. The van der Waals surface area contributed by atoms with Crippen molar-refractivity contribution >= 4 is 28.9 Å². The van der Waals surface area contributed by atoms with Crippen LogP contribution in [-0.4, -0.2) is 25.6 Å². The molecule has 0 saturated carbocycles. The van der Waals surface area contributed by atoms with Crippen LogP contribution in [0.3, 0.4) is 0 Å². The van der Waals surface area contributed by atoms with Crippen molar-refractivity contribution < 1.29 is 9.53 Å². The summed E-state index contributed by atoms with van der Waals surface area (Å²) in [7, 11) is 0. The Labute approximate surface area is 134 Å². The summed E-state index contributed by atoms with van der Waals surface area (Å²) in [4.78, 5) is 13.9. The number of nitrogens with zero attached hydrogens (tertiary/aromatic N) is 1. The predicted octanol–water partition coefficient (Wildman–Crippen LogP) is 3.49. The van der Waals surface area contributed by atoms with Crippen molar-refractivity contribution in [1.82, 2.24) is 0 Å². The summed E-state index contributed by atoms with van der Waals surface area (Å²) in [6.45, 7) is 3.30. The van der Waals surface area contributed by atoms with Gasteiger partial charge in [-0.15, -0.1) is 0 Å². The summed E-state index contributed by atoms with van der Waals surface area (Å²) in [6.07, 6.45) is 0. The first-order chi connectivity index (χ1) is 10.6. The second kappa shape index (κ2) is 6.28. The first kappa shape index (κ1) is 14.7. The fraction of sp³-hybridized carbons (Fsp3) is 0.235. The Morgan fingerprint density at radius 3 is 2.77 bits per heavy atom. The molecule has 0 unspecified atom stereocenters. The minimum atomic E-state index is 0.0519. The normalized spacial score (nSPS) is 13.5. The Hall–Kier alpha value is -2.20. The summed E-state index contributed by atoms with van der Waals surface area (Å²) in [6, 6.07) is 13.2. The number of carbonyl (C=O) groups excluding carboxylic acids is 1. The maximum absolute atomic E-state index is 12.1. The number of aryl methyl sites for hydroxylation is 1. The minimum absolute atomic E-state index is 0.0519. The maximum Gasteiger partial charge on any atom is 0.246 e. The van der Waals surface area contributed by atoms with Gasteiger partial charge in [0.15, 0.2) is 0 Å². The number of ether oxygens (including phenoxy) is 1.